The summed E-state index contributed by atoms with van der Waals surface area (Å²) >= 11 is 0. The number of aliphatic hydroxyl groups is 3. The van der Waals surface area contributed by atoms with Crippen molar-refractivity contribution in [2.24, 2.45) is 0 Å². The molecule has 26 heavy (non-hydrogen) atoms. The van der Waals surface area contributed by atoms with E-state index >= 15 is 0 Å². The predicted octanol–water partition coefficient (Wildman–Crippen LogP) is -1.46. The van der Waals surface area contributed by atoms with E-state index in [0.717, 1.165) is 4.57 Å². The van der Waals surface area contributed by atoms with Crippen LogP contribution in [0.3, 0.4) is 0 Å². The van der Waals surface area contributed by atoms with Crippen molar-refractivity contribution >= 4 is 11.8 Å². The summed E-state index contributed by atoms with van der Waals surface area (Å²) in [4.78, 5) is 32.3. The molecule has 1 aromatic rings. The summed E-state index contributed by atoms with van der Waals surface area (Å²) < 4.78 is 11.5. The van der Waals surface area contributed by atoms with E-state index in [2.05, 4.69) is 10.5 Å². The number of carbonyl (C=O) groups excluding carboxylic acids is 1. The summed E-state index contributed by atoms with van der Waals surface area (Å²) in [5.74, 6) is -0.726. The third kappa shape index (κ3) is 4.56. The second-order valence-electron chi connectivity index (χ2n) is 6.08. The minimum atomic E-state index is -1.41. The van der Waals surface area contributed by atoms with Crippen LogP contribution in [0, 0.1) is 0 Å². The summed E-state index contributed by atoms with van der Waals surface area (Å²) in [6, 6.07) is 1.32. The minimum Gasteiger partial charge on any atom is -0.394 e. The van der Waals surface area contributed by atoms with E-state index in [9.17, 15) is 19.8 Å². The summed E-state index contributed by atoms with van der Waals surface area (Å²) in [5.41, 5.74) is 1.44. The van der Waals surface area contributed by atoms with Gasteiger partial charge in [-0.05, 0) is 20.8 Å². The van der Waals surface area contributed by atoms with Gasteiger partial charge in [0, 0.05) is 12.3 Å². The number of hydrogen-bond donors (Lipinski definition) is 4. The molecule has 0 aromatic carbocycles. The maximum atomic E-state index is 12.1. The highest BCUT2D eigenvalue weighted by molar-refractivity contribution is 5.74. The fourth-order valence-electron chi connectivity index (χ4n) is 2.42. The molecule has 0 spiro atoms. The molecule has 146 valence electrons. The molecule has 1 aliphatic heterocycles. The van der Waals surface area contributed by atoms with Crippen molar-refractivity contribution in [3.63, 3.8) is 0 Å². The average molecular weight is 373 g/mol. The summed E-state index contributed by atoms with van der Waals surface area (Å²) in [6.07, 6.45) is -4.66. The molecule has 11 nitrogen and oxygen atoms in total. The predicted molar refractivity (Wildman–Crippen MR) is 86.9 cm³/mol. The summed E-state index contributed by atoms with van der Waals surface area (Å²) in [6.45, 7) is 4.56. The van der Waals surface area contributed by atoms with Gasteiger partial charge in [-0.2, -0.15) is 4.98 Å². The third-order valence-corrected chi connectivity index (χ3v) is 3.69. The quantitative estimate of drug-likeness (QED) is 0.417. The summed E-state index contributed by atoms with van der Waals surface area (Å²) in [5, 5.41) is 28.8. The molecular weight excluding hydrogens is 350 g/mol. The van der Waals surface area contributed by atoms with E-state index in [0.29, 0.717) is 0 Å². The van der Waals surface area contributed by atoms with Gasteiger partial charge in [0.1, 0.15) is 18.3 Å². The molecule has 0 bridgehead atoms. The van der Waals surface area contributed by atoms with Gasteiger partial charge < -0.3 is 29.6 Å². The molecule has 0 radical (unpaired) electrons. The highest BCUT2D eigenvalue weighted by Gasteiger charge is 2.43. The Morgan fingerprint density at radius 1 is 1.38 bits per heavy atom. The zero-order valence-electron chi connectivity index (χ0n) is 14.6. The van der Waals surface area contributed by atoms with Crippen LogP contribution in [0.25, 0.3) is 0 Å². The summed E-state index contributed by atoms with van der Waals surface area (Å²) in [7, 11) is 0. The maximum Gasteiger partial charge on any atom is 0.360 e. The van der Waals surface area contributed by atoms with Crippen LogP contribution in [0.4, 0.5) is 5.82 Å². The van der Waals surface area contributed by atoms with Gasteiger partial charge in [-0.1, -0.05) is 0 Å². The Morgan fingerprint density at radius 3 is 2.62 bits per heavy atom. The van der Waals surface area contributed by atoms with Crippen LogP contribution < -0.4 is 11.2 Å². The van der Waals surface area contributed by atoms with E-state index in [1.165, 1.54) is 19.2 Å². The van der Waals surface area contributed by atoms with Crippen molar-refractivity contribution in [3.8, 4) is 0 Å². The highest BCUT2D eigenvalue weighted by Crippen LogP contribution is 2.28. The Kier molecular flexibility index (Phi) is 6.67. The fraction of sp³-hybridized carbons (Fsp3) is 0.667. The topological polar surface area (TPSA) is 152 Å². The first kappa shape index (κ1) is 20.3. The molecule has 0 saturated carbocycles. The number of aromatic nitrogens is 2. The first-order valence-electron chi connectivity index (χ1n) is 8.08. The molecule has 0 aliphatic carbocycles. The Labute approximate surface area is 149 Å². The molecule has 11 heteroatoms. The van der Waals surface area contributed by atoms with Gasteiger partial charge >= 0.3 is 11.7 Å². The first-order valence-corrected chi connectivity index (χ1v) is 8.08. The Balaban J connectivity index is 2.02. The van der Waals surface area contributed by atoms with Crippen molar-refractivity contribution in [2.45, 2.75) is 57.5 Å². The number of nitrogens with one attached hydrogen (secondary N) is 1. The smallest absolute Gasteiger partial charge is 0.360 e. The van der Waals surface area contributed by atoms with Gasteiger partial charge in [0.05, 0.1) is 12.7 Å². The lowest BCUT2D eigenvalue weighted by molar-refractivity contribution is -0.155. The van der Waals surface area contributed by atoms with Gasteiger partial charge in [0.15, 0.2) is 18.1 Å². The van der Waals surface area contributed by atoms with Crippen LogP contribution >= 0.6 is 0 Å². The lowest BCUT2D eigenvalue weighted by Gasteiger charge is -2.18. The number of nitrogens with zero attached hydrogens (tertiary/aromatic N) is 2. The second kappa shape index (κ2) is 8.56. The normalized spacial score (nSPS) is 26.7. The van der Waals surface area contributed by atoms with Gasteiger partial charge in [0.2, 0.25) is 0 Å². The molecule has 5 atom stereocenters. The molecule has 1 aliphatic rings. The standard InChI is InChI=1S/C15H23N3O8/c1-7(2)24-8(3)14(22)26-17-10-4-5-18(15(23)16-10)13-12(21)11(20)9(6-19)25-13/h4-5,7-9,11-13,19-21H,6H2,1-3H3,(H,16,17,23)/t8-,9+,11+,12+,13+/m0/s1. The minimum absolute atomic E-state index is 0.0388. The van der Waals surface area contributed by atoms with Gasteiger partial charge in [-0.3, -0.25) is 4.57 Å². The van der Waals surface area contributed by atoms with Crippen LogP contribution in [0.15, 0.2) is 17.1 Å². The zero-order valence-corrected chi connectivity index (χ0v) is 14.6. The number of carbonyl (C=O) groups is 1. The van der Waals surface area contributed by atoms with Crippen LogP contribution in [0.1, 0.15) is 27.0 Å². The zero-order chi connectivity index (χ0) is 19.4. The number of aliphatic hydroxyl groups excluding tert-OH is 3. The van der Waals surface area contributed by atoms with Gasteiger partial charge in [-0.25, -0.2) is 15.1 Å². The third-order valence-electron chi connectivity index (χ3n) is 3.69. The molecule has 2 rings (SSSR count). The van der Waals surface area contributed by atoms with E-state index in [-0.39, 0.29) is 11.9 Å². The largest absolute Gasteiger partial charge is 0.394 e. The highest BCUT2D eigenvalue weighted by atomic mass is 16.7. The molecule has 0 amide bonds. The molecular formula is C15H23N3O8. The molecule has 4 N–H and O–H groups in total. The van der Waals surface area contributed by atoms with E-state index in [1.54, 1.807) is 13.8 Å². The molecule has 1 aromatic heterocycles. The first-order chi connectivity index (χ1) is 12.2. The second-order valence-corrected chi connectivity index (χ2v) is 6.08. The molecule has 2 heterocycles. The van der Waals surface area contributed by atoms with Crippen LogP contribution in [-0.4, -0.2) is 68.0 Å². The monoisotopic (exact) mass is 373 g/mol. The number of rotatable bonds is 7. The lowest BCUT2D eigenvalue weighted by atomic mass is 10.1. The van der Waals surface area contributed by atoms with Crippen LogP contribution in [0.5, 0.6) is 0 Å². The van der Waals surface area contributed by atoms with Crippen LogP contribution in [-0.2, 0) is 19.1 Å². The number of anilines is 1. The van der Waals surface area contributed by atoms with Crippen molar-refractivity contribution in [2.75, 3.05) is 12.1 Å². The Morgan fingerprint density at radius 2 is 2.08 bits per heavy atom. The lowest BCUT2D eigenvalue weighted by Crippen LogP contribution is -2.36. The SMILES string of the molecule is CC(C)O[C@@H](C)C(=O)ONc1ccn([C@@H]2O[C@H](CO)[C@@H](O)[C@H]2O)c(=O)n1. The van der Waals surface area contributed by atoms with E-state index < -0.39 is 48.9 Å². The van der Waals surface area contributed by atoms with Crippen molar-refractivity contribution in [3.05, 3.63) is 22.7 Å². The number of ether oxygens (including phenoxy) is 2. The van der Waals surface area contributed by atoms with E-state index in [4.69, 9.17) is 19.4 Å². The van der Waals surface area contributed by atoms with E-state index in [1.807, 2.05) is 0 Å². The van der Waals surface area contributed by atoms with Gasteiger partial charge in [0.25, 0.3) is 0 Å². The Hall–Kier alpha value is -2.05. The molecule has 0 unspecified atom stereocenters. The van der Waals surface area contributed by atoms with Crippen molar-refractivity contribution < 1.29 is 34.4 Å². The fourth-order valence-corrected chi connectivity index (χ4v) is 2.42. The Bertz CT molecular complexity index is 679. The number of hydrogen-bond acceptors (Lipinski definition) is 10. The van der Waals surface area contributed by atoms with Crippen LogP contribution in [0.2, 0.25) is 0 Å². The molecule has 1 saturated heterocycles. The van der Waals surface area contributed by atoms with Gasteiger partial charge in [-0.15, -0.1) is 0 Å². The maximum absolute atomic E-state index is 12.1. The molecule has 1 fully saturated rings. The average Bonchev–Trinajstić information content (AvgIpc) is 2.87. The van der Waals surface area contributed by atoms with Crippen molar-refractivity contribution in [1.82, 2.24) is 9.55 Å². The van der Waals surface area contributed by atoms with Crippen molar-refractivity contribution in [1.29, 1.82) is 0 Å².